The van der Waals surface area contributed by atoms with Gasteiger partial charge >= 0.3 is 5.97 Å². The second kappa shape index (κ2) is 10.2. The molecule has 1 fully saturated rings. The molecule has 0 bridgehead atoms. The Bertz CT molecular complexity index is 522. The third-order valence-corrected chi connectivity index (χ3v) is 10.7. The molecule has 0 aromatic carbocycles. The second-order valence-electron chi connectivity index (χ2n) is 10.8. The van der Waals surface area contributed by atoms with Gasteiger partial charge in [0.2, 0.25) is 0 Å². The van der Waals surface area contributed by atoms with Crippen molar-refractivity contribution in [3.8, 4) is 0 Å². The third-order valence-electron chi connectivity index (χ3n) is 6.16. The van der Waals surface area contributed by atoms with E-state index in [2.05, 4.69) is 40.8 Å². The first-order chi connectivity index (χ1) is 13.1. The van der Waals surface area contributed by atoms with Crippen molar-refractivity contribution < 1.29 is 28.2 Å². The minimum Gasteiger partial charge on any atom is -0.465 e. The molecule has 0 radical (unpaired) electrons. The number of esters is 1. The highest BCUT2D eigenvalue weighted by atomic mass is 28.4. The van der Waals surface area contributed by atoms with Gasteiger partial charge in [0.15, 0.2) is 14.6 Å². The van der Waals surface area contributed by atoms with Crippen molar-refractivity contribution in [2.45, 2.75) is 104 Å². The fourth-order valence-electron chi connectivity index (χ4n) is 3.18. The molecule has 0 spiro atoms. The van der Waals surface area contributed by atoms with Crippen LogP contribution in [0.15, 0.2) is 0 Å². The number of rotatable bonds is 9. The minimum atomic E-state index is -2.07. The van der Waals surface area contributed by atoms with E-state index in [1.807, 2.05) is 20.8 Å². The zero-order valence-electron chi connectivity index (χ0n) is 20.5. The van der Waals surface area contributed by atoms with Gasteiger partial charge in [0.1, 0.15) is 6.10 Å². The SMILES string of the molecule is CO[C@@H]1C[C@@H](C)[C@H]([C@H](OC)[C@@H](CCOC(=O)C(C)(C)C)O[Si](C)(C)C(C)(C)C)O1. The Hall–Kier alpha value is -0.473. The van der Waals surface area contributed by atoms with Crippen molar-refractivity contribution in [2.75, 3.05) is 20.8 Å². The third kappa shape index (κ3) is 7.31. The number of hydrogen-bond acceptors (Lipinski definition) is 6. The molecule has 7 heteroatoms. The summed E-state index contributed by atoms with van der Waals surface area (Å²) < 4.78 is 29.7. The molecular weight excluding hydrogens is 388 g/mol. The van der Waals surface area contributed by atoms with E-state index in [0.29, 0.717) is 13.0 Å². The highest BCUT2D eigenvalue weighted by Gasteiger charge is 2.46. The molecule has 6 nitrogen and oxygen atoms in total. The van der Waals surface area contributed by atoms with Gasteiger partial charge in [0.25, 0.3) is 0 Å². The van der Waals surface area contributed by atoms with Crippen LogP contribution in [0.1, 0.15) is 61.3 Å². The van der Waals surface area contributed by atoms with Crippen LogP contribution in [0, 0.1) is 11.3 Å². The first kappa shape index (κ1) is 26.6. The maximum Gasteiger partial charge on any atom is 0.311 e. The normalized spacial score (nSPS) is 25.7. The van der Waals surface area contributed by atoms with Crippen LogP contribution in [0.4, 0.5) is 0 Å². The average molecular weight is 433 g/mol. The molecule has 29 heavy (non-hydrogen) atoms. The van der Waals surface area contributed by atoms with Crippen molar-refractivity contribution in [2.24, 2.45) is 11.3 Å². The molecule has 0 unspecified atom stereocenters. The molecular formula is C22H44O6Si. The summed E-state index contributed by atoms with van der Waals surface area (Å²) in [6.45, 7) is 19.1. The number of methoxy groups -OCH3 is 2. The summed E-state index contributed by atoms with van der Waals surface area (Å²) in [4.78, 5) is 12.2. The smallest absolute Gasteiger partial charge is 0.311 e. The Kier molecular flexibility index (Phi) is 9.36. The largest absolute Gasteiger partial charge is 0.465 e. The van der Waals surface area contributed by atoms with Crippen molar-refractivity contribution >= 4 is 14.3 Å². The molecule has 0 aliphatic carbocycles. The van der Waals surface area contributed by atoms with Gasteiger partial charge in [-0.2, -0.15) is 0 Å². The van der Waals surface area contributed by atoms with Crippen LogP contribution in [-0.4, -0.2) is 59.7 Å². The summed E-state index contributed by atoms with van der Waals surface area (Å²) in [5.41, 5.74) is -0.523. The quantitative estimate of drug-likeness (QED) is 0.386. The maximum absolute atomic E-state index is 12.2. The van der Waals surface area contributed by atoms with E-state index < -0.39 is 13.7 Å². The molecule has 172 valence electrons. The maximum atomic E-state index is 12.2. The van der Waals surface area contributed by atoms with Gasteiger partial charge in [0.05, 0.1) is 24.2 Å². The lowest BCUT2D eigenvalue weighted by molar-refractivity contribution is -0.167. The predicted molar refractivity (Wildman–Crippen MR) is 117 cm³/mol. The highest BCUT2D eigenvalue weighted by Crippen LogP contribution is 2.40. The van der Waals surface area contributed by atoms with Crippen LogP contribution < -0.4 is 0 Å². The molecule has 0 amide bonds. The topological polar surface area (TPSA) is 63.2 Å². The average Bonchev–Trinajstić information content (AvgIpc) is 2.94. The van der Waals surface area contributed by atoms with Crippen LogP contribution in [0.5, 0.6) is 0 Å². The first-order valence-electron chi connectivity index (χ1n) is 10.7. The summed E-state index contributed by atoms with van der Waals surface area (Å²) in [6.07, 6.45) is 0.562. The van der Waals surface area contributed by atoms with E-state index in [4.69, 9.17) is 23.4 Å². The Morgan fingerprint density at radius 2 is 1.72 bits per heavy atom. The van der Waals surface area contributed by atoms with E-state index in [9.17, 15) is 4.79 Å². The van der Waals surface area contributed by atoms with Crippen molar-refractivity contribution in [1.29, 1.82) is 0 Å². The Morgan fingerprint density at radius 1 is 1.14 bits per heavy atom. The van der Waals surface area contributed by atoms with Gasteiger partial charge in [-0.15, -0.1) is 0 Å². The Labute approximate surface area is 179 Å². The van der Waals surface area contributed by atoms with E-state index in [-0.39, 0.29) is 41.5 Å². The molecule has 0 aromatic rings. The highest BCUT2D eigenvalue weighted by molar-refractivity contribution is 6.74. The van der Waals surface area contributed by atoms with Gasteiger partial charge in [-0.25, -0.2) is 0 Å². The van der Waals surface area contributed by atoms with Gasteiger partial charge in [-0.05, 0) is 44.8 Å². The lowest BCUT2D eigenvalue weighted by Crippen LogP contribution is -2.51. The zero-order valence-corrected chi connectivity index (χ0v) is 21.5. The lowest BCUT2D eigenvalue weighted by Gasteiger charge is -2.42. The Morgan fingerprint density at radius 3 is 2.14 bits per heavy atom. The van der Waals surface area contributed by atoms with E-state index in [1.54, 1.807) is 14.2 Å². The van der Waals surface area contributed by atoms with Crippen LogP contribution in [0.2, 0.25) is 18.1 Å². The van der Waals surface area contributed by atoms with Crippen LogP contribution in [0.3, 0.4) is 0 Å². The predicted octanol–water partition coefficient (Wildman–Crippen LogP) is 4.77. The van der Waals surface area contributed by atoms with E-state index in [0.717, 1.165) is 6.42 Å². The van der Waals surface area contributed by atoms with Crippen molar-refractivity contribution in [3.63, 3.8) is 0 Å². The van der Waals surface area contributed by atoms with Gasteiger partial charge in [-0.3, -0.25) is 4.79 Å². The number of ether oxygens (including phenoxy) is 4. The monoisotopic (exact) mass is 432 g/mol. The second-order valence-corrected chi connectivity index (χ2v) is 15.5. The van der Waals surface area contributed by atoms with E-state index in [1.165, 1.54) is 0 Å². The van der Waals surface area contributed by atoms with Crippen molar-refractivity contribution in [3.05, 3.63) is 0 Å². The summed E-state index contributed by atoms with van der Waals surface area (Å²) in [7, 11) is 1.30. The fraction of sp³-hybridized carbons (Fsp3) is 0.955. The zero-order chi connectivity index (χ0) is 22.6. The summed E-state index contributed by atoms with van der Waals surface area (Å²) >= 11 is 0. The molecule has 1 heterocycles. The van der Waals surface area contributed by atoms with Crippen molar-refractivity contribution in [1.82, 2.24) is 0 Å². The molecule has 0 saturated carbocycles. The molecule has 1 aliphatic rings. The summed E-state index contributed by atoms with van der Waals surface area (Å²) in [5, 5.41) is 0.0584. The molecule has 1 rings (SSSR count). The van der Waals surface area contributed by atoms with E-state index >= 15 is 0 Å². The lowest BCUT2D eigenvalue weighted by atomic mass is 9.94. The number of carbonyl (C=O) groups is 1. The molecule has 0 N–H and O–H groups in total. The molecule has 5 atom stereocenters. The van der Waals surface area contributed by atoms with Gasteiger partial charge < -0.3 is 23.4 Å². The van der Waals surface area contributed by atoms with Gasteiger partial charge in [-0.1, -0.05) is 27.7 Å². The fourth-order valence-corrected chi connectivity index (χ4v) is 4.55. The summed E-state index contributed by atoms with van der Waals surface area (Å²) in [6, 6.07) is 0. The van der Waals surface area contributed by atoms with Crippen LogP contribution in [0.25, 0.3) is 0 Å². The number of hydrogen-bond donors (Lipinski definition) is 0. The first-order valence-corrected chi connectivity index (χ1v) is 13.6. The van der Waals surface area contributed by atoms with Crippen LogP contribution >= 0.6 is 0 Å². The molecule has 1 saturated heterocycles. The molecule has 1 aliphatic heterocycles. The standard InChI is InChI=1S/C22H44O6Si/c1-15-14-17(24-8)27-18(15)19(25-9)16(28-29(10,11)22(5,6)7)12-13-26-20(23)21(2,3)4/h15-19H,12-14H2,1-11H3/t15-,16-,17+,18-,19-/m1/s1. The molecule has 0 aromatic heterocycles. The summed E-state index contributed by atoms with van der Waals surface area (Å²) in [5.74, 6) is 0.0787. The Balaban J connectivity index is 3.00. The number of carbonyl (C=O) groups excluding carboxylic acids is 1. The van der Waals surface area contributed by atoms with Gasteiger partial charge in [0, 0.05) is 27.1 Å². The van der Waals surface area contributed by atoms with Crippen LogP contribution in [-0.2, 0) is 28.2 Å². The minimum absolute atomic E-state index is 0.0584.